The predicted molar refractivity (Wildman–Crippen MR) is 208 cm³/mol. The quantitative estimate of drug-likeness (QED) is 0.180. The highest BCUT2D eigenvalue weighted by Crippen LogP contribution is 2.37. The Hall–Kier alpha value is -6.16. The Balaban J connectivity index is 1.16. The lowest BCUT2D eigenvalue weighted by molar-refractivity contribution is 1.18. The number of aromatic nitrogens is 2. The second kappa shape index (κ2) is 12.5. The van der Waals surface area contributed by atoms with Crippen LogP contribution in [0.25, 0.3) is 87.5 Å². The third-order valence-electron chi connectivity index (χ3n) is 9.11. The summed E-state index contributed by atoms with van der Waals surface area (Å²) in [6.45, 7) is 0. The molecule has 9 aromatic rings. The van der Waals surface area contributed by atoms with Crippen LogP contribution in [0.1, 0.15) is 0 Å². The Morgan fingerprint density at radius 3 is 1.61 bits per heavy atom. The third kappa shape index (κ3) is 5.71. The van der Waals surface area contributed by atoms with Gasteiger partial charge in [0.15, 0.2) is 5.82 Å². The predicted octanol–water partition coefficient (Wildman–Crippen LogP) is 12.8. The molecule has 0 bridgehead atoms. The first kappa shape index (κ1) is 29.0. The molecule has 0 aliphatic rings. The number of hydrogen-bond donors (Lipinski definition) is 0. The van der Waals surface area contributed by atoms with E-state index < -0.39 is 0 Å². The number of nitrogens with zero attached hydrogens (tertiary/aromatic N) is 2. The SMILES string of the molecule is c1ccc(-c2ccc3cc(-c4cc(-c5ccc(-c6cc7ccccc7s6)cc5)nc(-c5ccccc5-c5ccccc5)n4)ccc3c2)cc1. The van der Waals surface area contributed by atoms with Gasteiger partial charge in [-0.25, -0.2) is 9.97 Å². The van der Waals surface area contributed by atoms with Gasteiger partial charge in [-0.2, -0.15) is 0 Å². The molecule has 0 fully saturated rings. The lowest BCUT2D eigenvalue weighted by Crippen LogP contribution is -1.97. The van der Waals surface area contributed by atoms with Crippen LogP contribution < -0.4 is 0 Å². The first-order valence-electron chi connectivity index (χ1n) is 16.5. The summed E-state index contributed by atoms with van der Waals surface area (Å²) in [5.41, 5.74) is 10.8. The molecule has 0 aliphatic heterocycles. The van der Waals surface area contributed by atoms with Gasteiger partial charge in [0, 0.05) is 26.3 Å². The Labute approximate surface area is 289 Å². The molecule has 3 heteroatoms. The van der Waals surface area contributed by atoms with Crippen molar-refractivity contribution in [2.45, 2.75) is 0 Å². The van der Waals surface area contributed by atoms with E-state index in [9.17, 15) is 0 Å². The van der Waals surface area contributed by atoms with Crippen LogP contribution in [0, 0.1) is 0 Å². The molecule has 0 saturated heterocycles. The normalized spacial score (nSPS) is 11.3. The maximum absolute atomic E-state index is 5.24. The van der Waals surface area contributed by atoms with Crippen LogP contribution in [-0.4, -0.2) is 9.97 Å². The fourth-order valence-electron chi connectivity index (χ4n) is 6.56. The van der Waals surface area contributed by atoms with Gasteiger partial charge in [0.1, 0.15) is 0 Å². The number of fused-ring (bicyclic) bond motifs is 2. The summed E-state index contributed by atoms with van der Waals surface area (Å²) < 4.78 is 1.30. The molecule has 0 N–H and O–H groups in total. The molecule has 0 spiro atoms. The second-order valence-corrected chi connectivity index (χ2v) is 13.3. The molecule has 2 nitrogen and oxygen atoms in total. The van der Waals surface area contributed by atoms with Crippen LogP contribution in [-0.2, 0) is 0 Å². The minimum absolute atomic E-state index is 0.708. The highest BCUT2D eigenvalue weighted by atomic mass is 32.1. The van der Waals surface area contributed by atoms with Crippen molar-refractivity contribution >= 4 is 32.2 Å². The van der Waals surface area contributed by atoms with E-state index in [1.807, 2.05) is 17.4 Å². The van der Waals surface area contributed by atoms with E-state index in [0.717, 1.165) is 39.2 Å². The van der Waals surface area contributed by atoms with Crippen LogP contribution >= 0.6 is 11.3 Å². The minimum Gasteiger partial charge on any atom is -0.228 e. The molecule has 2 heterocycles. The molecule has 9 rings (SSSR count). The molecule has 49 heavy (non-hydrogen) atoms. The molecule has 0 atom stereocenters. The lowest BCUT2D eigenvalue weighted by Gasteiger charge is -2.13. The van der Waals surface area contributed by atoms with Crippen molar-refractivity contribution in [1.29, 1.82) is 0 Å². The van der Waals surface area contributed by atoms with Crippen molar-refractivity contribution in [2.75, 3.05) is 0 Å². The zero-order valence-corrected chi connectivity index (χ0v) is 27.4. The van der Waals surface area contributed by atoms with E-state index >= 15 is 0 Å². The van der Waals surface area contributed by atoms with E-state index in [1.54, 1.807) is 0 Å². The van der Waals surface area contributed by atoms with E-state index in [2.05, 4.69) is 176 Å². The van der Waals surface area contributed by atoms with Crippen molar-refractivity contribution in [1.82, 2.24) is 9.97 Å². The van der Waals surface area contributed by atoms with Gasteiger partial charge in [-0.15, -0.1) is 11.3 Å². The van der Waals surface area contributed by atoms with Crippen molar-refractivity contribution in [3.8, 4) is 66.6 Å². The van der Waals surface area contributed by atoms with Gasteiger partial charge in [0.2, 0.25) is 0 Å². The van der Waals surface area contributed by atoms with Crippen molar-refractivity contribution in [3.63, 3.8) is 0 Å². The summed E-state index contributed by atoms with van der Waals surface area (Å²) in [6.07, 6.45) is 0. The summed E-state index contributed by atoms with van der Waals surface area (Å²) in [5.74, 6) is 0.708. The average Bonchev–Trinajstić information content (AvgIpc) is 3.63. The van der Waals surface area contributed by atoms with Gasteiger partial charge in [0.25, 0.3) is 0 Å². The molecule has 0 aliphatic carbocycles. The van der Waals surface area contributed by atoms with Gasteiger partial charge < -0.3 is 0 Å². The highest BCUT2D eigenvalue weighted by Gasteiger charge is 2.15. The molecule has 7 aromatic carbocycles. The largest absolute Gasteiger partial charge is 0.228 e. The maximum atomic E-state index is 5.24. The smallest absolute Gasteiger partial charge is 0.161 e. The summed E-state index contributed by atoms with van der Waals surface area (Å²) >= 11 is 1.83. The summed E-state index contributed by atoms with van der Waals surface area (Å²) in [5, 5.41) is 3.66. The van der Waals surface area contributed by atoms with Crippen molar-refractivity contribution < 1.29 is 0 Å². The van der Waals surface area contributed by atoms with Crippen LogP contribution in [0.3, 0.4) is 0 Å². The summed E-state index contributed by atoms with van der Waals surface area (Å²) in [4.78, 5) is 11.7. The van der Waals surface area contributed by atoms with Crippen LogP contribution in [0.15, 0.2) is 182 Å². The Morgan fingerprint density at radius 2 is 0.878 bits per heavy atom. The molecule has 0 unspecified atom stereocenters. The number of rotatable bonds is 6. The van der Waals surface area contributed by atoms with Gasteiger partial charge in [0.05, 0.1) is 11.4 Å². The molecular formula is C46H30N2S. The van der Waals surface area contributed by atoms with Crippen LogP contribution in [0.2, 0.25) is 0 Å². The van der Waals surface area contributed by atoms with E-state index in [0.29, 0.717) is 5.82 Å². The van der Waals surface area contributed by atoms with Gasteiger partial charge in [-0.3, -0.25) is 0 Å². The Kier molecular flexibility index (Phi) is 7.38. The molecular weight excluding hydrogens is 613 g/mol. The maximum Gasteiger partial charge on any atom is 0.161 e. The Morgan fingerprint density at radius 1 is 0.327 bits per heavy atom. The third-order valence-corrected chi connectivity index (χ3v) is 10.3. The fourth-order valence-corrected chi connectivity index (χ4v) is 7.62. The van der Waals surface area contributed by atoms with E-state index in [4.69, 9.17) is 9.97 Å². The number of thiophene rings is 1. The standard InChI is InChI=1S/C46H30N2S/c1-3-11-31(12-4-1)35-23-24-37-28-38(26-25-36(37)27-35)43-30-42(33-19-21-34(22-20-33)45-29-39-15-7-10-18-44(39)49-45)47-46(48-43)41-17-9-8-16-40(41)32-13-5-2-6-14-32/h1-30H. The monoisotopic (exact) mass is 642 g/mol. The molecule has 2 aromatic heterocycles. The van der Waals surface area contributed by atoms with Crippen LogP contribution in [0.4, 0.5) is 0 Å². The van der Waals surface area contributed by atoms with Gasteiger partial charge >= 0.3 is 0 Å². The minimum atomic E-state index is 0.708. The van der Waals surface area contributed by atoms with Crippen molar-refractivity contribution in [3.05, 3.63) is 182 Å². The number of benzene rings is 7. The number of hydrogen-bond acceptors (Lipinski definition) is 3. The topological polar surface area (TPSA) is 25.8 Å². The highest BCUT2D eigenvalue weighted by molar-refractivity contribution is 7.22. The molecule has 230 valence electrons. The first-order valence-corrected chi connectivity index (χ1v) is 17.3. The summed E-state index contributed by atoms with van der Waals surface area (Å²) in [7, 11) is 0. The lowest BCUT2D eigenvalue weighted by atomic mass is 9.97. The molecule has 0 amide bonds. The first-order chi connectivity index (χ1) is 24.2. The van der Waals surface area contributed by atoms with Gasteiger partial charge in [-0.05, 0) is 74.3 Å². The van der Waals surface area contributed by atoms with E-state index in [1.165, 1.54) is 42.4 Å². The zero-order chi connectivity index (χ0) is 32.6. The summed E-state index contributed by atoms with van der Waals surface area (Å²) in [6, 6.07) is 64.5. The van der Waals surface area contributed by atoms with Gasteiger partial charge in [-0.1, -0.05) is 152 Å². The average molecular weight is 643 g/mol. The van der Waals surface area contributed by atoms with Crippen molar-refractivity contribution in [2.24, 2.45) is 0 Å². The zero-order valence-electron chi connectivity index (χ0n) is 26.6. The van der Waals surface area contributed by atoms with Crippen LogP contribution in [0.5, 0.6) is 0 Å². The molecule has 0 radical (unpaired) electrons. The molecule has 0 saturated carbocycles. The second-order valence-electron chi connectivity index (χ2n) is 12.2. The fraction of sp³-hybridized carbons (Fsp3) is 0. The Bertz CT molecular complexity index is 2550. The van der Waals surface area contributed by atoms with E-state index in [-0.39, 0.29) is 0 Å².